The van der Waals surface area contributed by atoms with Crippen molar-refractivity contribution in [2.75, 3.05) is 26.7 Å². The maximum Gasteiger partial charge on any atom is 0.191 e. The van der Waals surface area contributed by atoms with Gasteiger partial charge in [0.05, 0.1) is 6.61 Å². The van der Waals surface area contributed by atoms with Crippen molar-refractivity contribution in [3.8, 4) is 5.75 Å². The van der Waals surface area contributed by atoms with Gasteiger partial charge in [-0.05, 0) is 58.7 Å². The van der Waals surface area contributed by atoms with E-state index in [9.17, 15) is 0 Å². The molecule has 0 amide bonds. The molecule has 0 bridgehead atoms. The lowest BCUT2D eigenvalue weighted by molar-refractivity contribution is 0.173. The van der Waals surface area contributed by atoms with Crippen LogP contribution in [0.4, 0.5) is 0 Å². The number of ether oxygens (including phenoxy) is 1. The summed E-state index contributed by atoms with van der Waals surface area (Å²) >= 11 is 0. The van der Waals surface area contributed by atoms with Gasteiger partial charge in [-0.3, -0.25) is 9.89 Å². The second kappa shape index (κ2) is 14.1. The van der Waals surface area contributed by atoms with Crippen molar-refractivity contribution in [3.63, 3.8) is 0 Å². The summed E-state index contributed by atoms with van der Waals surface area (Å²) in [7, 11) is 1.81. The third-order valence-electron chi connectivity index (χ3n) is 4.11. The fraction of sp³-hybridized carbons (Fsp3) is 0.650. The van der Waals surface area contributed by atoms with Crippen LogP contribution in [0.1, 0.15) is 46.6 Å². The van der Waals surface area contributed by atoms with Crippen LogP contribution in [-0.2, 0) is 6.54 Å². The van der Waals surface area contributed by atoms with E-state index in [2.05, 4.69) is 60.4 Å². The SMILES string of the molecule is CCOc1cccc(CNC(=NC)NCCCN(C(C)C)C(C)C)c1.I. The number of nitrogens with zero attached hydrogens (tertiary/aromatic N) is 2. The topological polar surface area (TPSA) is 48.9 Å². The van der Waals surface area contributed by atoms with Gasteiger partial charge in [0.25, 0.3) is 0 Å². The van der Waals surface area contributed by atoms with Crippen LogP contribution in [0.25, 0.3) is 0 Å². The highest BCUT2D eigenvalue weighted by atomic mass is 127. The van der Waals surface area contributed by atoms with Crippen LogP contribution < -0.4 is 15.4 Å². The normalized spacial score (nSPS) is 11.7. The van der Waals surface area contributed by atoms with Crippen LogP contribution in [0.2, 0.25) is 0 Å². The van der Waals surface area contributed by atoms with Crippen molar-refractivity contribution in [3.05, 3.63) is 29.8 Å². The van der Waals surface area contributed by atoms with Gasteiger partial charge < -0.3 is 15.4 Å². The number of benzene rings is 1. The van der Waals surface area contributed by atoms with Gasteiger partial charge in [0.1, 0.15) is 5.75 Å². The Morgan fingerprint density at radius 2 is 1.85 bits per heavy atom. The number of nitrogens with one attached hydrogen (secondary N) is 2. The first kappa shape index (κ1) is 25.0. The van der Waals surface area contributed by atoms with Gasteiger partial charge in [-0.2, -0.15) is 0 Å². The van der Waals surface area contributed by atoms with Crippen LogP contribution in [0, 0.1) is 0 Å². The lowest BCUT2D eigenvalue weighted by atomic mass is 10.2. The Hall–Kier alpha value is -1.02. The minimum Gasteiger partial charge on any atom is -0.494 e. The molecule has 1 aromatic carbocycles. The number of aliphatic imine (C=N–C) groups is 1. The maximum atomic E-state index is 5.54. The van der Waals surface area contributed by atoms with Gasteiger partial charge in [-0.25, -0.2) is 0 Å². The molecule has 0 saturated carbocycles. The molecular formula is C20H37IN4O. The zero-order valence-electron chi connectivity index (χ0n) is 17.2. The predicted molar refractivity (Wildman–Crippen MR) is 123 cm³/mol. The summed E-state index contributed by atoms with van der Waals surface area (Å²) in [5.74, 6) is 1.75. The minimum absolute atomic E-state index is 0. The first-order chi connectivity index (χ1) is 12.0. The van der Waals surface area contributed by atoms with Crippen LogP contribution >= 0.6 is 24.0 Å². The highest BCUT2D eigenvalue weighted by Gasteiger charge is 2.12. The van der Waals surface area contributed by atoms with Crippen molar-refractivity contribution in [2.24, 2.45) is 4.99 Å². The van der Waals surface area contributed by atoms with Gasteiger partial charge in [0.15, 0.2) is 5.96 Å². The third kappa shape index (κ3) is 9.62. The summed E-state index contributed by atoms with van der Waals surface area (Å²) in [4.78, 5) is 6.81. The van der Waals surface area contributed by atoms with E-state index in [0.29, 0.717) is 18.7 Å². The Morgan fingerprint density at radius 1 is 1.15 bits per heavy atom. The second-order valence-electron chi connectivity index (χ2n) is 6.71. The molecule has 6 heteroatoms. The molecule has 0 spiro atoms. The zero-order chi connectivity index (χ0) is 18.7. The maximum absolute atomic E-state index is 5.54. The highest BCUT2D eigenvalue weighted by molar-refractivity contribution is 14.0. The minimum atomic E-state index is 0. The first-order valence-electron chi connectivity index (χ1n) is 9.39. The van der Waals surface area contributed by atoms with E-state index >= 15 is 0 Å². The average molecular weight is 476 g/mol. The van der Waals surface area contributed by atoms with Crippen molar-refractivity contribution in [2.45, 2.75) is 59.7 Å². The fourth-order valence-corrected chi connectivity index (χ4v) is 2.90. The molecule has 0 heterocycles. The number of halogens is 1. The van der Waals surface area contributed by atoms with E-state index in [-0.39, 0.29) is 24.0 Å². The molecular weight excluding hydrogens is 439 g/mol. The quantitative estimate of drug-likeness (QED) is 0.233. The van der Waals surface area contributed by atoms with Crippen LogP contribution in [0.5, 0.6) is 5.75 Å². The summed E-state index contributed by atoms with van der Waals surface area (Å²) in [5, 5.41) is 6.75. The van der Waals surface area contributed by atoms with Crippen molar-refractivity contribution < 1.29 is 4.74 Å². The fourth-order valence-electron chi connectivity index (χ4n) is 2.90. The standard InChI is InChI=1S/C20H36N4O.HI/c1-7-25-19-11-8-10-18(14-19)15-23-20(21-6)22-12-9-13-24(16(2)3)17(4)5;/h8,10-11,14,16-17H,7,9,12-13,15H2,1-6H3,(H2,21,22,23);1H. The molecule has 26 heavy (non-hydrogen) atoms. The lowest BCUT2D eigenvalue weighted by Gasteiger charge is -2.30. The second-order valence-corrected chi connectivity index (χ2v) is 6.71. The summed E-state index contributed by atoms with van der Waals surface area (Å²) in [6, 6.07) is 9.31. The summed E-state index contributed by atoms with van der Waals surface area (Å²) in [5.41, 5.74) is 1.18. The van der Waals surface area contributed by atoms with Gasteiger partial charge in [-0.1, -0.05) is 12.1 Å². The Balaban J connectivity index is 0.00000625. The molecule has 0 aliphatic rings. The molecule has 0 aliphatic heterocycles. The van der Waals surface area contributed by atoms with E-state index in [1.165, 1.54) is 5.56 Å². The van der Waals surface area contributed by atoms with Gasteiger partial charge in [-0.15, -0.1) is 24.0 Å². The van der Waals surface area contributed by atoms with Gasteiger partial charge in [0.2, 0.25) is 0 Å². The largest absolute Gasteiger partial charge is 0.494 e. The van der Waals surface area contributed by atoms with Crippen molar-refractivity contribution in [1.29, 1.82) is 0 Å². The molecule has 1 rings (SSSR count). The smallest absolute Gasteiger partial charge is 0.191 e. The Morgan fingerprint density at radius 3 is 2.42 bits per heavy atom. The number of guanidine groups is 1. The van der Waals surface area contributed by atoms with E-state index in [0.717, 1.165) is 37.8 Å². The molecule has 150 valence electrons. The van der Waals surface area contributed by atoms with Crippen molar-refractivity contribution >= 4 is 29.9 Å². The monoisotopic (exact) mass is 476 g/mol. The molecule has 0 atom stereocenters. The molecule has 0 fully saturated rings. The summed E-state index contributed by atoms with van der Waals surface area (Å²) in [6.45, 7) is 14.4. The highest BCUT2D eigenvalue weighted by Crippen LogP contribution is 2.12. The van der Waals surface area contributed by atoms with E-state index in [1.54, 1.807) is 7.05 Å². The van der Waals surface area contributed by atoms with Crippen LogP contribution in [0.3, 0.4) is 0 Å². The van der Waals surface area contributed by atoms with Gasteiger partial charge >= 0.3 is 0 Å². The first-order valence-corrected chi connectivity index (χ1v) is 9.39. The Bertz CT molecular complexity index is 512. The Kier molecular flexibility index (Phi) is 13.5. The predicted octanol–water partition coefficient (Wildman–Crippen LogP) is 3.88. The lowest BCUT2D eigenvalue weighted by Crippen LogP contribution is -2.41. The molecule has 2 N–H and O–H groups in total. The Labute approximate surface area is 177 Å². The van der Waals surface area contributed by atoms with E-state index < -0.39 is 0 Å². The third-order valence-corrected chi connectivity index (χ3v) is 4.11. The number of rotatable bonds is 10. The van der Waals surface area contributed by atoms with Gasteiger partial charge in [0, 0.05) is 38.8 Å². The molecule has 0 aliphatic carbocycles. The number of hydrogen-bond donors (Lipinski definition) is 2. The average Bonchev–Trinajstić information content (AvgIpc) is 2.57. The van der Waals surface area contributed by atoms with E-state index in [1.807, 2.05) is 19.1 Å². The molecule has 1 aromatic rings. The van der Waals surface area contributed by atoms with E-state index in [4.69, 9.17) is 4.74 Å². The molecule has 0 radical (unpaired) electrons. The summed E-state index contributed by atoms with van der Waals surface area (Å²) < 4.78 is 5.54. The van der Waals surface area contributed by atoms with Crippen LogP contribution in [0.15, 0.2) is 29.3 Å². The molecule has 0 saturated heterocycles. The zero-order valence-corrected chi connectivity index (χ0v) is 19.5. The van der Waals surface area contributed by atoms with Crippen molar-refractivity contribution in [1.82, 2.24) is 15.5 Å². The molecule has 0 unspecified atom stereocenters. The molecule has 0 aromatic heterocycles. The van der Waals surface area contributed by atoms with Crippen LogP contribution in [-0.4, -0.2) is 49.7 Å². The summed E-state index contributed by atoms with van der Waals surface area (Å²) in [6.07, 6.45) is 1.09. The molecule has 5 nitrogen and oxygen atoms in total. The number of hydrogen-bond acceptors (Lipinski definition) is 3.